The number of nitrogens with zero attached hydrogens (tertiary/aromatic N) is 3. The van der Waals surface area contributed by atoms with Crippen LogP contribution in [0.1, 0.15) is 0 Å². The second-order valence-corrected chi connectivity index (χ2v) is 6.53. The second-order valence-electron chi connectivity index (χ2n) is 5.45. The number of likely N-dealkylation sites (N-methyl/N-ethyl adjacent to an activating group) is 2. The first-order valence-electron chi connectivity index (χ1n) is 6.69. The molecular formula is C16H19N3S. The van der Waals surface area contributed by atoms with Gasteiger partial charge in [-0.2, -0.15) is 0 Å². The number of para-hydroxylation sites is 1. The fourth-order valence-corrected chi connectivity index (χ4v) is 3.60. The van der Waals surface area contributed by atoms with E-state index < -0.39 is 0 Å². The summed E-state index contributed by atoms with van der Waals surface area (Å²) in [6.07, 6.45) is 4.40. The fraction of sp³-hybridized carbons (Fsp3) is 0.312. The largest absolute Gasteiger partial charge is 0.379 e. The van der Waals surface area contributed by atoms with Gasteiger partial charge in [-0.05, 0) is 38.4 Å². The van der Waals surface area contributed by atoms with Crippen molar-refractivity contribution in [2.45, 2.75) is 10.9 Å². The van der Waals surface area contributed by atoms with Gasteiger partial charge in [0.05, 0.1) is 17.4 Å². The number of aliphatic imine (C=N–C) groups is 1. The van der Waals surface area contributed by atoms with Crippen LogP contribution in [0, 0.1) is 0 Å². The van der Waals surface area contributed by atoms with Gasteiger partial charge >= 0.3 is 0 Å². The van der Waals surface area contributed by atoms with Gasteiger partial charge < -0.3 is 4.90 Å². The fourth-order valence-electron chi connectivity index (χ4n) is 2.60. The molecule has 0 bridgehead atoms. The highest BCUT2D eigenvalue weighted by atomic mass is 32.2. The standard InChI is InChI=1S/C16H19N3S/c1-18(2)12-9-10-14-15(16(12)19(3)4)17-11-7-5-6-8-13(11)20-14/h5-10,16H,1-4H3. The molecule has 1 aliphatic heterocycles. The van der Waals surface area contributed by atoms with E-state index in [0.717, 1.165) is 11.4 Å². The number of hydrogen-bond acceptors (Lipinski definition) is 4. The minimum Gasteiger partial charge on any atom is -0.379 e. The average Bonchev–Trinajstić information content (AvgIpc) is 2.43. The van der Waals surface area contributed by atoms with Gasteiger partial charge in [0.15, 0.2) is 0 Å². The third kappa shape index (κ3) is 2.19. The quantitative estimate of drug-likeness (QED) is 0.832. The molecule has 104 valence electrons. The van der Waals surface area contributed by atoms with Crippen LogP contribution in [-0.2, 0) is 0 Å². The van der Waals surface area contributed by atoms with E-state index in [1.807, 2.05) is 17.8 Å². The topological polar surface area (TPSA) is 18.8 Å². The van der Waals surface area contributed by atoms with E-state index in [4.69, 9.17) is 4.99 Å². The molecule has 0 amide bonds. The minimum absolute atomic E-state index is 0.214. The Morgan fingerprint density at radius 1 is 1.05 bits per heavy atom. The van der Waals surface area contributed by atoms with Crippen molar-refractivity contribution in [1.29, 1.82) is 0 Å². The Morgan fingerprint density at radius 2 is 1.80 bits per heavy atom. The normalized spacial score (nSPS) is 20.6. The summed E-state index contributed by atoms with van der Waals surface area (Å²) in [5.74, 6) is 0. The smallest absolute Gasteiger partial charge is 0.0933 e. The molecule has 0 saturated carbocycles. The number of fused-ring (bicyclic) bond motifs is 2. The van der Waals surface area contributed by atoms with Crippen LogP contribution in [0.3, 0.4) is 0 Å². The van der Waals surface area contributed by atoms with Crippen molar-refractivity contribution in [3.63, 3.8) is 0 Å². The molecule has 1 aliphatic carbocycles. The van der Waals surface area contributed by atoms with Crippen molar-refractivity contribution in [3.8, 4) is 0 Å². The molecule has 0 radical (unpaired) electrons. The molecular weight excluding hydrogens is 266 g/mol. The maximum Gasteiger partial charge on any atom is 0.0933 e. The van der Waals surface area contributed by atoms with Crippen molar-refractivity contribution >= 4 is 23.2 Å². The van der Waals surface area contributed by atoms with Gasteiger partial charge in [0.25, 0.3) is 0 Å². The molecule has 1 aromatic carbocycles. The van der Waals surface area contributed by atoms with Gasteiger partial charge in [0, 0.05) is 29.6 Å². The molecule has 0 aromatic heterocycles. The van der Waals surface area contributed by atoms with Crippen molar-refractivity contribution < 1.29 is 0 Å². The van der Waals surface area contributed by atoms with E-state index in [2.05, 4.69) is 68.3 Å². The van der Waals surface area contributed by atoms with Gasteiger partial charge in [-0.3, -0.25) is 4.90 Å². The highest BCUT2D eigenvalue weighted by Crippen LogP contribution is 2.43. The third-order valence-electron chi connectivity index (χ3n) is 3.56. The van der Waals surface area contributed by atoms with Gasteiger partial charge in [-0.1, -0.05) is 23.9 Å². The first-order chi connectivity index (χ1) is 9.58. The number of hydrogen-bond donors (Lipinski definition) is 0. The summed E-state index contributed by atoms with van der Waals surface area (Å²) < 4.78 is 0. The van der Waals surface area contributed by atoms with Crippen molar-refractivity contribution in [3.05, 3.63) is 47.0 Å². The predicted octanol–water partition coefficient (Wildman–Crippen LogP) is 3.14. The van der Waals surface area contributed by atoms with Crippen LogP contribution >= 0.6 is 11.8 Å². The van der Waals surface area contributed by atoms with E-state index in [9.17, 15) is 0 Å². The highest BCUT2D eigenvalue weighted by Gasteiger charge is 2.32. The van der Waals surface area contributed by atoms with Crippen LogP contribution in [0.4, 0.5) is 5.69 Å². The van der Waals surface area contributed by atoms with Gasteiger partial charge in [-0.25, -0.2) is 4.99 Å². The Balaban J connectivity index is 2.11. The molecule has 0 spiro atoms. The molecule has 0 fully saturated rings. The zero-order chi connectivity index (χ0) is 14.3. The van der Waals surface area contributed by atoms with Crippen molar-refractivity contribution in [1.82, 2.24) is 9.80 Å². The molecule has 1 atom stereocenters. The Kier molecular flexibility index (Phi) is 3.44. The van der Waals surface area contributed by atoms with Gasteiger partial charge in [-0.15, -0.1) is 0 Å². The lowest BCUT2D eigenvalue weighted by atomic mass is 10.00. The van der Waals surface area contributed by atoms with Crippen LogP contribution < -0.4 is 0 Å². The summed E-state index contributed by atoms with van der Waals surface area (Å²) in [5.41, 5.74) is 3.51. The summed E-state index contributed by atoms with van der Waals surface area (Å²) in [6, 6.07) is 8.56. The van der Waals surface area contributed by atoms with Crippen LogP contribution in [0.25, 0.3) is 0 Å². The van der Waals surface area contributed by atoms with Gasteiger partial charge in [0.2, 0.25) is 0 Å². The van der Waals surface area contributed by atoms with Crippen LogP contribution in [0.2, 0.25) is 0 Å². The van der Waals surface area contributed by atoms with E-state index in [-0.39, 0.29) is 6.04 Å². The van der Waals surface area contributed by atoms with Gasteiger partial charge in [0.1, 0.15) is 0 Å². The first-order valence-corrected chi connectivity index (χ1v) is 7.51. The highest BCUT2D eigenvalue weighted by molar-refractivity contribution is 8.04. The lowest BCUT2D eigenvalue weighted by Crippen LogP contribution is -2.43. The lowest BCUT2D eigenvalue weighted by Gasteiger charge is -2.36. The Bertz CT molecular complexity index is 626. The number of rotatable bonds is 2. The van der Waals surface area contributed by atoms with E-state index >= 15 is 0 Å². The average molecular weight is 285 g/mol. The summed E-state index contributed by atoms with van der Waals surface area (Å²) >= 11 is 1.82. The molecule has 0 N–H and O–H groups in total. The number of allylic oxidation sites excluding steroid dienone is 2. The molecule has 20 heavy (non-hydrogen) atoms. The Hall–Kier alpha value is -1.52. The lowest BCUT2D eigenvalue weighted by molar-refractivity contribution is 0.338. The SMILES string of the molecule is CN(C)C1=CC=C2Sc3ccccc3N=C2C1N(C)C. The predicted molar refractivity (Wildman–Crippen MR) is 86.7 cm³/mol. The van der Waals surface area contributed by atoms with Crippen LogP contribution in [0.15, 0.2) is 56.9 Å². The van der Waals surface area contributed by atoms with E-state index in [1.165, 1.54) is 15.5 Å². The number of thioether (sulfide) groups is 1. The molecule has 1 aromatic rings. The summed E-state index contributed by atoms with van der Waals surface area (Å²) in [5, 5.41) is 0. The maximum atomic E-state index is 4.92. The van der Waals surface area contributed by atoms with E-state index in [0.29, 0.717) is 0 Å². The molecule has 0 saturated heterocycles. The van der Waals surface area contributed by atoms with Crippen LogP contribution in [-0.4, -0.2) is 49.7 Å². The molecule has 3 nitrogen and oxygen atoms in total. The third-order valence-corrected chi connectivity index (χ3v) is 4.69. The molecule has 1 heterocycles. The Morgan fingerprint density at radius 3 is 2.50 bits per heavy atom. The van der Waals surface area contributed by atoms with Crippen LogP contribution in [0.5, 0.6) is 0 Å². The molecule has 2 aliphatic rings. The van der Waals surface area contributed by atoms with Crippen molar-refractivity contribution in [2.24, 2.45) is 4.99 Å². The monoisotopic (exact) mass is 285 g/mol. The summed E-state index contributed by atoms with van der Waals surface area (Å²) in [6.45, 7) is 0. The molecule has 4 heteroatoms. The van der Waals surface area contributed by atoms with E-state index in [1.54, 1.807) is 0 Å². The Labute approximate surface area is 124 Å². The number of benzene rings is 1. The minimum atomic E-state index is 0.214. The second kappa shape index (κ2) is 5.11. The summed E-state index contributed by atoms with van der Waals surface area (Å²) in [7, 11) is 8.40. The van der Waals surface area contributed by atoms with Crippen molar-refractivity contribution in [2.75, 3.05) is 28.2 Å². The zero-order valence-corrected chi connectivity index (χ0v) is 13.1. The zero-order valence-electron chi connectivity index (χ0n) is 12.3. The first kappa shape index (κ1) is 13.5. The molecule has 1 unspecified atom stereocenters. The summed E-state index contributed by atoms with van der Waals surface area (Å²) in [4.78, 5) is 11.8. The molecule has 3 rings (SSSR count). The maximum absolute atomic E-state index is 4.92.